The topological polar surface area (TPSA) is 41.6 Å². The van der Waals surface area contributed by atoms with Crippen LogP contribution in [-0.2, 0) is 9.53 Å². The monoisotopic (exact) mass is 268 g/mol. The minimum absolute atomic E-state index is 0.00498. The number of rotatable bonds is 4. The van der Waals surface area contributed by atoms with Crippen molar-refractivity contribution in [3.8, 4) is 0 Å². The van der Waals surface area contributed by atoms with Crippen molar-refractivity contribution in [1.29, 1.82) is 0 Å². The summed E-state index contributed by atoms with van der Waals surface area (Å²) >= 11 is 0. The number of ether oxygens (including phenoxy) is 1. The molecule has 1 aliphatic rings. The van der Waals surface area contributed by atoms with Gasteiger partial charge in [0.25, 0.3) is 0 Å². The molecule has 0 spiro atoms. The summed E-state index contributed by atoms with van der Waals surface area (Å²) in [5.74, 6) is -1.52. The van der Waals surface area contributed by atoms with Crippen LogP contribution in [0.3, 0.4) is 0 Å². The van der Waals surface area contributed by atoms with Crippen molar-refractivity contribution < 1.29 is 22.7 Å². The molecule has 0 aromatic carbocycles. The van der Waals surface area contributed by atoms with Crippen molar-refractivity contribution in [1.82, 2.24) is 10.2 Å². The zero-order valence-corrected chi connectivity index (χ0v) is 10.6. The molecule has 0 aromatic heterocycles. The molecule has 2 atom stereocenters. The van der Waals surface area contributed by atoms with Crippen LogP contribution in [0.4, 0.5) is 13.2 Å². The molecule has 0 aromatic rings. The highest BCUT2D eigenvalue weighted by atomic mass is 19.4. The maximum Gasteiger partial charge on any atom is 0.393 e. The number of carbonyl (C=O) groups excluding carboxylic acids is 1. The summed E-state index contributed by atoms with van der Waals surface area (Å²) in [6.45, 7) is 0.675. The Balaban J connectivity index is 2.40. The van der Waals surface area contributed by atoms with E-state index in [4.69, 9.17) is 4.74 Å². The van der Waals surface area contributed by atoms with Crippen molar-refractivity contribution in [2.24, 2.45) is 5.92 Å². The molecule has 7 heteroatoms. The second-order valence-corrected chi connectivity index (χ2v) is 4.53. The lowest BCUT2D eigenvalue weighted by molar-refractivity contribution is -0.180. The highest BCUT2D eigenvalue weighted by Crippen LogP contribution is 2.32. The quantitative estimate of drug-likeness (QED) is 0.827. The average molecular weight is 268 g/mol. The molecular weight excluding hydrogens is 249 g/mol. The van der Waals surface area contributed by atoms with Gasteiger partial charge < -0.3 is 15.0 Å². The first-order valence-corrected chi connectivity index (χ1v) is 5.90. The molecule has 18 heavy (non-hydrogen) atoms. The largest absolute Gasteiger partial charge is 0.393 e. The normalized spacial score (nSPS) is 24.9. The molecule has 0 radical (unpaired) electrons. The minimum Gasteiger partial charge on any atom is -0.383 e. The van der Waals surface area contributed by atoms with Crippen LogP contribution in [0.2, 0.25) is 0 Å². The lowest BCUT2D eigenvalue weighted by Gasteiger charge is -2.32. The summed E-state index contributed by atoms with van der Waals surface area (Å²) < 4.78 is 42.2. The van der Waals surface area contributed by atoms with Crippen LogP contribution in [0.1, 0.15) is 12.8 Å². The Morgan fingerprint density at radius 3 is 2.56 bits per heavy atom. The zero-order valence-electron chi connectivity index (χ0n) is 10.6. The highest BCUT2D eigenvalue weighted by molar-refractivity contribution is 5.81. The standard InChI is InChI=1S/C11H19F3N2O2/c1-16(5-6-18-2)10(17)9-4-3-8(7-15-9)11(12,13)14/h8-9,15H,3-7H2,1-2H3. The fraction of sp³-hybridized carbons (Fsp3) is 0.909. The van der Waals surface area contributed by atoms with Crippen LogP contribution in [0.5, 0.6) is 0 Å². The molecule has 1 N–H and O–H groups in total. The van der Waals surface area contributed by atoms with Gasteiger partial charge in [0.1, 0.15) is 0 Å². The Morgan fingerprint density at radius 1 is 1.44 bits per heavy atom. The zero-order chi connectivity index (χ0) is 13.8. The van der Waals surface area contributed by atoms with E-state index in [9.17, 15) is 18.0 Å². The molecule has 1 rings (SSSR count). The van der Waals surface area contributed by atoms with Gasteiger partial charge in [-0.15, -0.1) is 0 Å². The number of alkyl halides is 3. The van der Waals surface area contributed by atoms with E-state index in [1.165, 1.54) is 12.0 Å². The molecular formula is C11H19F3N2O2. The van der Waals surface area contributed by atoms with Crippen molar-refractivity contribution in [3.05, 3.63) is 0 Å². The Morgan fingerprint density at radius 2 is 2.11 bits per heavy atom. The molecule has 0 saturated carbocycles. The lowest BCUT2D eigenvalue weighted by atomic mass is 9.93. The number of hydrogen-bond acceptors (Lipinski definition) is 3. The molecule has 106 valence electrons. The van der Waals surface area contributed by atoms with Crippen LogP contribution in [0.25, 0.3) is 0 Å². The third-order valence-corrected chi connectivity index (χ3v) is 3.18. The minimum atomic E-state index is -4.18. The van der Waals surface area contributed by atoms with E-state index in [2.05, 4.69) is 5.32 Å². The number of piperidine rings is 1. The first-order chi connectivity index (χ1) is 8.36. The van der Waals surface area contributed by atoms with E-state index in [-0.39, 0.29) is 25.3 Å². The third kappa shape index (κ3) is 4.13. The SMILES string of the molecule is COCCN(C)C(=O)C1CCC(C(F)(F)F)CN1. The third-order valence-electron chi connectivity index (χ3n) is 3.18. The predicted octanol–water partition coefficient (Wildman–Crippen LogP) is 1.02. The molecule has 1 heterocycles. The first-order valence-electron chi connectivity index (χ1n) is 5.90. The lowest BCUT2D eigenvalue weighted by Crippen LogP contribution is -2.52. The Kier molecular flexibility index (Phi) is 5.40. The number of carbonyl (C=O) groups is 1. The van der Waals surface area contributed by atoms with E-state index >= 15 is 0 Å². The van der Waals surface area contributed by atoms with Crippen LogP contribution >= 0.6 is 0 Å². The van der Waals surface area contributed by atoms with Crippen LogP contribution in [0.15, 0.2) is 0 Å². The summed E-state index contributed by atoms with van der Waals surface area (Å²) in [5, 5.41) is 2.68. The average Bonchev–Trinajstić information content (AvgIpc) is 2.34. The molecule has 0 aliphatic carbocycles. The molecule has 1 amide bonds. The molecule has 1 fully saturated rings. The summed E-state index contributed by atoms with van der Waals surface area (Å²) in [7, 11) is 3.16. The van der Waals surface area contributed by atoms with Gasteiger partial charge >= 0.3 is 6.18 Å². The fourth-order valence-electron chi connectivity index (χ4n) is 1.95. The van der Waals surface area contributed by atoms with Crippen molar-refractivity contribution in [2.45, 2.75) is 25.1 Å². The van der Waals surface area contributed by atoms with Gasteiger partial charge in [0.05, 0.1) is 18.6 Å². The van der Waals surface area contributed by atoms with Gasteiger partial charge in [-0.3, -0.25) is 4.79 Å². The van der Waals surface area contributed by atoms with Gasteiger partial charge in [-0.2, -0.15) is 13.2 Å². The number of nitrogens with zero attached hydrogens (tertiary/aromatic N) is 1. The van der Waals surface area contributed by atoms with Gasteiger partial charge in [-0.25, -0.2) is 0 Å². The van der Waals surface area contributed by atoms with Crippen LogP contribution in [-0.4, -0.2) is 56.9 Å². The van der Waals surface area contributed by atoms with Crippen molar-refractivity contribution in [2.75, 3.05) is 33.9 Å². The van der Waals surface area contributed by atoms with Crippen molar-refractivity contribution in [3.63, 3.8) is 0 Å². The highest BCUT2D eigenvalue weighted by Gasteiger charge is 2.42. The van der Waals surface area contributed by atoms with E-state index in [1.807, 2.05) is 0 Å². The number of hydrogen-bond donors (Lipinski definition) is 1. The molecule has 1 saturated heterocycles. The van der Waals surface area contributed by atoms with Gasteiger partial charge in [0.2, 0.25) is 5.91 Å². The number of methoxy groups -OCH3 is 1. The molecule has 2 unspecified atom stereocenters. The van der Waals surface area contributed by atoms with E-state index in [0.29, 0.717) is 13.2 Å². The van der Waals surface area contributed by atoms with E-state index in [1.54, 1.807) is 7.05 Å². The second kappa shape index (κ2) is 6.38. The fourth-order valence-corrected chi connectivity index (χ4v) is 1.95. The van der Waals surface area contributed by atoms with Gasteiger partial charge in [0.15, 0.2) is 0 Å². The summed E-state index contributed by atoms with van der Waals surface area (Å²) in [5.41, 5.74) is 0. The molecule has 1 aliphatic heterocycles. The van der Waals surface area contributed by atoms with E-state index < -0.39 is 18.1 Å². The molecule has 4 nitrogen and oxygen atoms in total. The summed E-state index contributed by atoms with van der Waals surface area (Å²) in [6.07, 6.45) is -3.95. The first kappa shape index (κ1) is 15.2. The number of nitrogens with one attached hydrogen (secondary N) is 1. The smallest absolute Gasteiger partial charge is 0.383 e. The Bertz CT molecular complexity index is 276. The van der Waals surface area contributed by atoms with E-state index in [0.717, 1.165) is 0 Å². The summed E-state index contributed by atoms with van der Waals surface area (Å²) in [6, 6.07) is -0.509. The maximum absolute atomic E-state index is 12.4. The number of halogens is 3. The van der Waals surface area contributed by atoms with Crippen LogP contribution < -0.4 is 5.32 Å². The number of likely N-dealkylation sites (N-methyl/N-ethyl adjacent to an activating group) is 1. The summed E-state index contributed by atoms with van der Waals surface area (Å²) in [4.78, 5) is 13.4. The maximum atomic E-state index is 12.4. The van der Waals surface area contributed by atoms with Gasteiger partial charge in [-0.05, 0) is 12.8 Å². The van der Waals surface area contributed by atoms with Crippen molar-refractivity contribution >= 4 is 5.91 Å². The van der Waals surface area contributed by atoms with Gasteiger partial charge in [-0.1, -0.05) is 0 Å². The Hall–Kier alpha value is -0.820. The molecule has 0 bridgehead atoms. The van der Waals surface area contributed by atoms with Gasteiger partial charge in [0, 0.05) is 27.2 Å². The second-order valence-electron chi connectivity index (χ2n) is 4.53. The van der Waals surface area contributed by atoms with Crippen LogP contribution in [0, 0.1) is 5.92 Å². The number of amides is 1. The predicted molar refractivity (Wildman–Crippen MR) is 60.1 cm³/mol. The Labute approximate surface area is 104 Å².